The van der Waals surface area contributed by atoms with Crippen molar-refractivity contribution in [2.75, 3.05) is 13.1 Å². The Labute approximate surface area is 127 Å². The first-order valence-electron chi connectivity index (χ1n) is 7.36. The molecule has 1 aliphatic heterocycles. The quantitative estimate of drug-likeness (QED) is 0.803. The summed E-state index contributed by atoms with van der Waals surface area (Å²) in [4.78, 5) is 14.9. The number of halogens is 1. The maximum Gasteiger partial charge on any atom is 0.232 e. The summed E-state index contributed by atoms with van der Waals surface area (Å²) in [6.07, 6.45) is 1.21. The molecule has 1 amide bonds. The highest BCUT2D eigenvalue weighted by atomic mass is 35.5. The first-order valence-corrected chi connectivity index (χ1v) is 7.74. The van der Waals surface area contributed by atoms with Crippen LogP contribution in [0.5, 0.6) is 0 Å². The SMILES string of the molecule is CC1CC(C)CN(C(=O)C(C)(C)c2cccc(Cl)c2)C1. The van der Waals surface area contributed by atoms with Crippen LogP contribution >= 0.6 is 11.6 Å². The first kappa shape index (κ1) is 15.4. The molecule has 110 valence electrons. The molecule has 3 heteroatoms. The fourth-order valence-electron chi connectivity index (χ4n) is 3.22. The summed E-state index contributed by atoms with van der Waals surface area (Å²) in [7, 11) is 0. The Hall–Kier alpha value is -1.02. The Kier molecular flexibility index (Phi) is 4.43. The fraction of sp³-hybridized carbons (Fsp3) is 0.588. The second-order valence-electron chi connectivity index (χ2n) is 6.79. The van der Waals surface area contributed by atoms with E-state index in [-0.39, 0.29) is 5.91 Å². The van der Waals surface area contributed by atoms with Gasteiger partial charge in [-0.15, -0.1) is 0 Å². The molecular formula is C17H24ClNO. The molecule has 1 saturated heterocycles. The van der Waals surface area contributed by atoms with Gasteiger partial charge in [0.05, 0.1) is 5.41 Å². The van der Waals surface area contributed by atoms with Gasteiger partial charge in [-0.3, -0.25) is 4.79 Å². The minimum atomic E-state index is -0.526. The van der Waals surface area contributed by atoms with Crippen LogP contribution in [0.15, 0.2) is 24.3 Å². The number of carbonyl (C=O) groups is 1. The number of benzene rings is 1. The molecule has 1 fully saturated rings. The van der Waals surface area contributed by atoms with Crippen molar-refractivity contribution < 1.29 is 4.79 Å². The maximum atomic E-state index is 12.9. The molecule has 2 nitrogen and oxygen atoms in total. The van der Waals surface area contributed by atoms with Gasteiger partial charge in [0.25, 0.3) is 0 Å². The van der Waals surface area contributed by atoms with Crippen molar-refractivity contribution in [1.29, 1.82) is 0 Å². The Morgan fingerprint density at radius 1 is 1.25 bits per heavy atom. The predicted molar refractivity (Wildman–Crippen MR) is 84.0 cm³/mol. The lowest BCUT2D eigenvalue weighted by molar-refractivity contribution is -0.139. The molecule has 0 N–H and O–H groups in total. The zero-order valence-corrected chi connectivity index (χ0v) is 13.6. The van der Waals surface area contributed by atoms with Crippen LogP contribution < -0.4 is 0 Å². The van der Waals surface area contributed by atoms with Crippen LogP contribution in [-0.4, -0.2) is 23.9 Å². The first-order chi connectivity index (χ1) is 9.30. The molecule has 0 radical (unpaired) electrons. The van der Waals surface area contributed by atoms with Crippen LogP contribution in [0.4, 0.5) is 0 Å². The topological polar surface area (TPSA) is 20.3 Å². The van der Waals surface area contributed by atoms with Gasteiger partial charge in [0.1, 0.15) is 0 Å². The Morgan fingerprint density at radius 3 is 2.40 bits per heavy atom. The molecule has 20 heavy (non-hydrogen) atoms. The number of hydrogen-bond acceptors (Lipinski definition) is 1. The third kappa shape index (κ3) is 3.17. The Balaban J connectivity index is 2.22. The zero-order chi connectivity index (χ0) is 14.9. The van der Waals surface area contributed by atoms with E-state index < -0.39 is 5.41 Å². The fourth-order valence-corrected chi connectivity index (χ4v) is 3.42. The van der Waals surface area contributed by atoms with Gasteiger partial charge in [0, 0.05) is 18.1 Å². The second kappa shape index (κ2) is 5.77. The van der Waals surface area contributed by atoms with Crippen LogP contribution in [0.3, 0.4) is 0 Å². The monoisotopic (exact) mass is 293 g/mol. The summed E-state index contributed by atoms with van der Waals surface area (Å²) in [6, 6.07) is 7.64. The minimum absolute atomic E-state index is 0.207. The zero-order valence-electron chi connectivity index (χ0n) is 12.8. The summed E-state index contributed by atoms with van der Waals surface area (Å²) >= 11 is 6.06. The molecule has 0 saturated carbocycles. The van der Waals surface area contributed by atoms with Crippen LogP contribution in [0, 0.1) is 11.8 Å². The molecule has 1 aromatic rings. The number of likely N-dealkylation sites (tertiary alicyclic amines) is 1. The molecule has 1 aromatic carbocycles. The molecule has 0 aliphatic carbocycles. The minimum Gasteiger partial charge on any atom is -0.341 e. The summed E-state index contributed by atoms with van der Waals surface area (Å²) < 4.78 is 0. The largest absolute Gasteiger partial charge is 0.341 e. The van der Waals surface area contributed by atoms with E-state index >= 15 is 0 Å². The second-order valence-corrected chi connectivity index (χ2v) is 7.23. The van der Waals surface area contributed by atoms with Crippen molar-refractivity contribution in [3.63, 3.8) is 0 Å². The van der Waals surface area contributed by atoms with Crippen molar-refractivity contribution >= 4 is 17.5 Å². The van der Waals surface area contributed by atoms with Crippen molar-refractivity contribution in [3.05, 3.63) is 34.9 Å². The van der Waals surface area contributed by atoms with Gasteiger partial charge in [-0.1, -0.05) is 37.6 Å². The lowest BCUT2D eigenvalue weighted by Crippen LogP contribution is -2.49. The maximum absolute atomic E-state index is 12.9. The van der Waals surface area contributed by atoms with Crippen LogP contribution in [0.2, 0.25) is 5.02 Å². The molecular weight excluding hydrogens is 270 g/mol. The molecule has 2 unspecified atom stereocenters. The average molecular weight is 294 g/mol. The van der Waals surface area contributed by atoms with E-state index in [1.807, 2.05) is 43.0 Å². The van der Waals surface area contributed by atoms with E-state index in [2.05, 4.69) is 13.8 Å². The molecule has 2 atom stereocenters. The van der Waals surface area contributed by atoms with Gasteiger partial charge in [0.2, 0.25) is 5.91 Å². The van der Waals surface area contributed by atoms with Crippen molar-refractivity contribution in [2.24, 2.45) is 11.8 Å². The van der Waals surface area contributed by atoms with Gasteiger partial charge in [-0.05, 0) is 49.8 Å². The van der Waals surface area contributed by atoms with E-state index in [0.29, 0.717) is 16.9 Å². The van der Waals surface area contributed by atoms with Crippen molar-refractivity contribution in [2.45, 2.75) is 39.5 Å². The normalized spacial score (nSPS) is 23.8. The van der Waals surface area contributed by atoms with E-state index in [0.717, 1.165) is 18.7 Å². The highest BCUT2D eigenvalue weighted by molar-refractivity contribution is 6.30. The Morgan fingerprint density at radius 2 is 1.85 bits per heavy atom. The third-order valence-corrected chi connectivity index (χ3v) is 4.47. The average Bonchev–Trinajstić information content (AvgIpc) is 2.36. The number of hydrogen-bond donors (Lipinski definition) is 0. The smallest absolute Gasteiger partial charge is 0.232 e. The number of nitrogens with zero attached hydrogens (tertiary/aromatic N) is 1. The van der Waals surface area contributed by atoms with E-state index in [1.54, 1.807) is 0 Å². The van der Waals surface area contributed by atoms with Crippen LogP contribution in [0.1, 0.15) is 39.7 Å². The highest BCUT2D eigenvalue weighted by Crippen LogP contribution is 2.30. The molecule has 1 aliphatic rings. The molecule has 2 rings (SSSR count). The van der Waals surface area contributed by atoms with Gasteiger partial charge in [0.15, 0.2) is 0 Å². The van der Waals surface area contributed by atoms with Gasteiger partial charge < -0.3 is 4.90 Å². The standard InChI is InChI=1S/C17H24ClNO/c1-12-8-13(2)11-19(10-12)16(20)17(3,4)14-6-5-7-15(18)9-14/h5-7,9,12-13H,8,10-11H2,1-4H3. The van der Waals surface area contributed by atoms with Gasteiger partial charge >= 0.3 is 0 Å². The number of rotatable bonds is 2. The highest BCUT2D eigenvalue weighted by Gasteiger charge is 2.36. The molecule has 0 spiro atoms. The Bertz CT molecular complexity index is 488. The van der Waals surface area contributed by atoms with Gasteiger partial charge in [-0.25, -0.2) is 0 Å². The molecule has 1 heterocycles. The summed E-state index contributed by atoms with van der Waals surface area (Å²) in [5.74, 6) is 1.37. The predicted octanol–water partition coefficient (Wildman–Crippen LogP) is 4.12. The van der Waals surface area contributed by atoms with E-state index in [4.69, 9.17) is 11.6 Å². The third-order valence-electron chi connectivity index (χ3n) is 4.24. The summed E-state index contributed by atoms with van der Waals surface area (Å²) in [5, 5.41) is 0.684. The summed E-state index contributed by atoms with van der Waals surface area (Å²) in [5.41, 5.74) is 0.461. The lowest BCUT2D eigenvalue weighted by atomic mass is 9.81. The van der Waals surface area contributed by atoms with Crippen LogP contribution in [-0.2, 0) is 10.2 Å². The van der Waals surface area contributed by atoms with Gasteiger partial charge in [-0.2, -0.15) is 0 Å². The summed E-state index contributed by atoms with van der Waals surface area (Å²) in [6.45, 7) is 10.2. The lowest BCUT2D eigenvalue weighted by Gasteiger charge is -2.39. The number of amides is 1. The number of piperidine rings is 1. The molecule has 0 aromatic heterocycles. The van der Waals surface area contributed by atoms with E-state index in [9.17, 15) is 4.79 Å². The van der Waals surface area contributed by atoms with E-state index in [1.165, 1.54) is 6.42 Å². The molecule has 0 bridgehead atoms. The van der Waals surface area contributed by atoms with Crippen molar-refractivity contribution in [3.8, 4) is 0 Å². The van der Waals surface area contributed by atoms with Crippen molar-refractivity contribution in [1.82, 2.24) is 4.90 Å². The van der Waals surface area contributed by atoms with Crippen LogP contribution in [0.25, 0.3) is 0 Å². The number of carbonyl (C=O) groups excluding carboxylic acids is 1.